The Morgan fingerprint density at radius 2 is 1.47 bits per heavy atom. The molecule has 0 heterocycles. The first-order chi connectivity index (χ1) is 17.5. The Bertz CT molecular complexity index is 1180. The molecule has 1 saturated carbocycles. The Kier molecular flexibility index (Phi) is 8.52. The van der Waals surface area contributed by atoms with Gasteiger partial charge < -0.3 is 9.47 Å². The monoisotopic (exact) mass is 490 g/mol. The fourth-order valence-corrected chi connectivity index (χ4v) is 4.79. The zero-order valence-electron chi connectivity index (χ0n) is 20.6. The van der Waals surface area contributed by atoms with Crippen molar-refractivity contribution < 1.29 is 23.0 Å². The van der Waals surface area contributed by atoms with Gasteiger partial charge in [-0.25, -0.2) is 0 Å². The zero-order chi connectivity index (χ0) is 25.5. The van der Waals surface area contributed by atoms with E-state index in [2.05, 4.69) is 55.1 Å². The van der Waals surface area contributed by atoms with E-state index in [1.165, 1.54) is 34.4 Å². The van der Waals surface area contributed by atoms with Gasteiger partial charge in [-0.05, 0) is 85.8 Å². The van der Waals surface area contributed by atoms with Crippen LogP contribution in [0, 0.1) is 17.6 Å². The topological polar surface area (TPSA) is 35.5 Å². The highest BCUT2D eigenvalue weighted by molar-refractivity contribution is 5.75. The van der Waals surface area contributed by atoms with Crippen LogP contribution in [0.3, 0.4) is 0 Å². The third kappa shape index (κ3) is 6.01. The van der Waals surface area contributed by atoms with Crippen molar-refractivity contribution in [1.82, 2.24) is 0 Å². The molecule has 0 amide bonds. The number of hydrogen-bond acceptors (Lipinski definition) is 3. The van der Waals surface area contributed by atoms with Crippen molar-refractivity contribution in [3.8, 4) is 22.6 Å². The molecule has 0 N–H and O–H groups in total. The number of esters is 1. The summed E-state index contributed by atoms with van der Waals surface area (Å²) in [6, 6.07) is 19.8. The second-order valence-corrected chi connectivity index (χ2v) is 9.24. The number of benzene rings is 3. The van der Waals surface area contributed by atoms with Crippen molar-refractivity contribution in [3.05, 3.63) is 96.1 Å². The molecule has 0 aromatic heterocycles. The van der Waals surface area contributed by atoms with Crippen LogP contribution >= 0.6 is 0 Å². The van der Waals surface area contributed by atoms with Crippen LogP contribution in [0.15, 0.2) is 73.3 Å². The van der Waals surface area contributed by atoms with Crippen LogP contribution < -0.4 is 9.47 Å². The number of rotatable bonds is 9. The quantitative estimate of drug-likeness (QED) is 0.173. The largest absolute Gasteiger partial charge is 0.491 e. The molecule has 5 heteroatoms. The van der Waals surface area contributed by atoms with Crippen LogP contribution in [-0.2, 0) is 11.2 Å². The van der Waals surface area contributed by atoms with Crippen molar-refractivity contribution in [2.75, 3.05) is 6.61 Å². The lowest BCUT2D eigenvalue weighted by Gasteiger charge is -2.27. The second kappa shape index (κ2) is 12.0. The van der Waals surface area contributed by atoms with Crippen molar-refractivity contribution >= 4 is 5.97 Å². The maximum atomic E-state index is 14.3. The fourth-order valence-electron chi connectivity index (χ4n) is 4.79. The van der Waals surface area contributed by atoms with Crippen LogP contribution in [0.25, 0.3) is 11.1 Å². The highest BCUT2D eigenvalue weighted by Gasteiger charge is 2.29. The molecule has 1 aliphatic rings. The average molecular weight is 491 g/mol. The summed E-state index contributed by atoms with van der Waals surface area (Å²) in [7, 11) is 0. The van der Waals surface area contributed by atoms with Crippen LogP contribution in [-0.4, -0.2) is 12.6 Å². The van der Waals surface area contributed by atoms with Crippen LogP contribution in [0.1, 0.15) is 56.1 Å². The fraction of sp³-hybridized carbons (Fsp3) is 0.323. The van der Waals surface area contributed by atoms with E-state index in [0.29, 0.717) is 18.8 Å². The molecule has 1 aliphatic carbocycles. The molecular formula is C31H32F2O3. The third-order valence-electron chi connectivity index (χ3n) is 6.89. The maximum Gasteiger partial charge on any atom is 0.314 e. The van der Waals surface area contributed by atoms with Crippen LogP contribution in [0.4, 0.5) is 8.78 Å². The minimum Gasteiger partial charge on any atom is -0.491 e. The molecule has 3 aromatic rings. The molecule has 3 nitrogen and oxygen atoms in total. The molecule has 0 unspecified atom stereocenters. The number of hydrogen-bond donors (Lipinski definition) is 0. The van der Waals surface area contributed by atoms with Crippen molar-refractivity contribution in [1.29, 1.82) is 0 Å². The minimum atomic E-state index is -1.20. The number of aryl methyl sites for hydroxylation is 1. The summed E-state index contributed by atoms with van der Waals surface area (Å²) in [5.41, 5.74) is 4.93. The highest BCUT2D eigenvalue weighted by Crippen LogP contribution is 2.37. The number of allylic oxidation sites excluding steroid dienone is 1. The first-order valence-corrected chi connectivity index (χ1v) is 12.6. The molecule has 188 valence electrons. The number of carbonyl (C=O) groups excluding carboxylic acids is 1. The van der Waals surface area contributed by atoms with E-state index >= 15 is 0 Å². The van der Waals surface area contributed by atoms with Gasteiger partial charge in [0.05, 0.1) is 12.5 Å². The standard InChI is InChI=1S/C31H32F2O3/c1-3-5-6-21-7-9-22(10-8-21)23-11-13-24(14-12-23)25-15-17-26(18-16-25)31(34)36-28-20-19-27(35-4-2)29(32)30(28)33/h3,7-14,19-20,25-26H,1,4-6,15-18H2,2H3. The maximum absolute atomic E-state index is 14.3. The van der Waals surface area contributed by atoms with Crippen LogP contribution in [0.2, 0.25) is 0 Å². The zero-order valence-corrected chi connectivity index (χ0v) is 20.6. The van der Waals surface area contributed by atoms with E-state index in [-0.39, 0.29) is 18.3 Å². The molecule has 0 radical (unpaired) electrons. The van der Waals surface area contributed by atoms with E-state index in [0.717, 1.165) is 25.7 Å². The van der Waals surface area contributed by atoms with E-state index < -0.39 is 23.4 Å². The molecule has 0 spiro atoms. The predicted molar refractivity (Wildman–Crippen MR) is 138 cm³/mol. The molecule has 0 saturated heterocycles. The van der Waals surface area contributed by atoms with E-state index in [1.807, 2.05) is 6.08 Å². The molecule has 36 heavy (non-hydrogen) atoms. The smallest absolute Gasteiger partial charge is 0.314 e. The van der Waals surface area contributed by atoms with Crippen molar-refractivity contribution in [2.45, 2.75) is 51.4 Å². The van der Waals surface area contributed by atoms with Crippen LogP contribution in [0.5, 0.6) is 11.5 Å². The number of halogens is 2. The summed E-state index contributed by atoms with van der Waals surface area (Å²) in [5, 5.41) is 0. The number of ether oxygens (including phenoxy) is 2. The lowest BCUT2D eigenvalue weighted by Crippen LogP contribution is -2.25. The normalized spacial score (nSPS) is 17.4. The van der Waals surface area contributed by atoms with Gasteiger partial charge in [-0.3, -0.25) is 4.79 Å². The van der Waals surface area contributed by atoms with Gasteiger partial charge in [-0.15, -0.1) is 6.58 Å². The van der Waals surface area contributed by atoms with Gasteiger partial charge in [-0.2, -0.15) is 8.78 Å². The molecule has 3 aromatic carbocycles. The summed E-state index contributed by atoms with van der Waals surface area (Å²) in [5.74, 6) is -3.40. The molecule has 4 rings (SSSR count). The number of carbonyl (C=O) groups is 1. The Morgan fingerprint density at radius 3 is 2.08 bits per heavy atom. The minimum absolute atomic E-state index is 0.193. The van der Waals surface area contributed by atoms with Gasteiger partial charge in [0.2, 0.25) is 11.6 Å². The van der Waals surface area contributed by atoms with E-state index in [4.69, 9.17) is 9.47 Å². The predicted octanol–water partition coefficient (Wildman–Crippen LogP) is 8.03. The lowest BCUT2D eigenvalue weighted by atomic mass is 9.78. The molecule has 1 fully saturated rings. The lowest BCUT2D eigenvalue weighted by molar-refractivity contribution is -0.140. The van der Waals surface area contributed by atoms with Gasteiger partial charge in [0.25, 0.3) is 0 Å². The highest BCUT2D eigenvalue weighted by atomic mass is 19.2. The van der Waals surface area contributed by atoms with Gasteiger partial charge in [-0.1, -0.05) is 54.6 Å². The van der Waals surface area contributed by atoms with E-state index in [1.54, 1.807) is 6.92 Å². The summed E-state index contributed by atoms with van der Waals surface area (Å²) in [6.07, 6.45) is 6.91. The Morgan fingerprint density at radius 1 is 0.889 bits per heavy atom. The Labute approximate surface area is 211 Å². The third-order valence-corrected chi connectivity index (χ3v) is 6.89. The first-order valence-electron chi connectivity index (χ1n) is 12.6. The summed E-state index contributed by atoms with van der Waals surface area (Å²) < 4.78 is 38.6. The summed E-state index contributed by atoms with van der Waals surface area (Å²) in [4.78, 5) is 12.6. The Balaban J connectivity index is 1.32. The van der Waals surface area contributed by atoms with Gasteiger partial charge in [0.1, 0.15) is 0 Å². The van der Waals surface area contributed by atoms with Crippen molar-refractivity contribution in [2.24, 2.45) is 5.92 Å². The summed E-state index contributed by atoms with van der Waals surface area (Å²) in [6.45, 7) is 5.67. The average Bonchev–Trinajstić information content (AvgIpc) is 2.92. The molecule has 0 aliphatic heterocycles. The Hall–Kier alpha value is -3.47. The van der Waals surface area contributed by atoms with Gasteiger partial charge in [0, 0.05) is 0 Å². The molecular weight excluding hydrogens is 458 g/mol. The molecule has 0 atom stereocenters. The summed E-state index contributed by atoms with van der Waals surface area (Å²) >= 11 is 0. The SMILES string of the molecule is C=CCCc1ccc(-c2ccc(C3CCC(C(=O)Oc4ccc(OCC)c(F)c4F)CC3)cc2)cc1. The molecule has 0 bridgehead atoms. The van der Waals surface area contributed by atoms with Gasteiger partial charge >= 0.3 is 5.97 Å². The van der Waals surface area contributed by atoms with Gasteiger partial charge in [0.15, 0.2) is 11.5 Å². The van der Waals surface area contributed by atoms with Crippen molar-refractivity contribution in [3.63, 3.8) is 0 Å². The second-order valence-electron chi connectivity index (χ2n) is 9.24. The van der Waals surface area contributed by atoms with E-state index in [9.17, 15) is 13.6 Å². The first kappa shape index (κ1) is 25.6.